The summed E-state index contributed by atoms with van der Waals surface area (Å²) in [6.07, 6.45) is 1.99. The molecule has 2 heterocycles. The lowest BCUT2D eigenvalue weighted by Gasteiger charge is -2.30. The van der Waals surface area contributed by atoms with Crippen LogP contribution in [0.1, 0.15) is 33.6 Å². The zero-order valence-corrected chi connectivity index (χ0v) is 34.9. The standard InChI is InChI=1S/C59H40N4/c1-37-36-60-55(42-17-7-4-8-18-42)35-50(37)41-29-27-40(28-30-41)46-23-14-26-53-56(46)49-32-31-45(34-54(49)59(53)51-24-11-9-21-47(51)48-22-10-12-25-52(48)59)58-62-38(2)61-57(63-58)44-20-13-19-43(33-44)39-15-5-3-6-16-39/h3-36H,1-2H3. The van der Waals surface area contributed by atoms with Gasteiger partial charge in [-0.1, -0.05) is 182 Å². The first kappa shape index (κ1) is 36.7. The molecule has 0 saturated heterocycles. The second-order valence-electron chi connectivity index (χ2n) is 16.6. The molecule has 12 rings (SSSR count). The minimum Gasteiger partial charge on any atom is -0.256 e. The molecule has 296 valence electrons. The highest BCUT2D eigenvalue weighted by Gasteiger charge is 2.52. The van der Waals surface area contributed by atoms with Crippen LogP contribution in [0.2, 0.25) is 0 Å². The van der Waals surface area contributed by atoms with Crippen molar-refractivity contribution >= 4 is 0 Å². The fourth-order valence-electron chi connectivity index (χ4n) is 10.2. The Hall–Kier alpha value is -8.08. The number of benzene rings is 8. The van der Waals surface area contributed by atoms with E-state index in [0.29, 0.717) is 17.5 Å². The molecule has 0 saturated carbocycles. The van der Waals surface area contributed by atoms with Gasteiger partial charge >= 0.3 is 0 Å². The lowest BCUT2D eigenvalue weighted by Crippen LogP contribution is -2.26. The van der Waals surface area contributed by atoms with Crippen molar-refractivity contribution in [3.8, 4) is 89.7 Å². The van der Waals surface area contributed by atoms with E-state index in [1.165, 1.54) is 66.8 Å². The lowest BCUT2D eigenvalue weighted by atomic mass is 9.70. The molecule has 1 spiro atoms. The fraction of sp³-hybridized carbons (Fsp3) is 0.0508. The van der Waals surface area contributed by atoms with Crippen molar-refractivity contribution in [2.75, 3.05) is 0 Å². The second kappa shape index (κ2) is 14.5. The molecule has 0 atom stereocenters. The van der Waals surface area contributed by atoms with E-state index in [9.17, 15) is 0 Å². The number of rotatable bonds is 6. The van der Waals surface area contributed by atoms with Gasteiger partial charge in [-0.3, -0.25) is 4.98 Å². The summed E-state index contributed by atoms with van der Waals surface area (Å²) < 4.78 is 0. The highest BCUT2D eigenvalue weighted by atomic mass is 15.0. The SMILES string of the molecule is Cc1nc(-c2cccc(-c3ccccc3)c2)nc(-c2ccc3c(c2)C2(c4ccccc4-c4ccccc42)c2cccc(-c4ccc(-c5cc(-c6ccccc6)ncc5C)cc4)c2-3)n1. The first-order valence-electron chi connectivity index (χ1n) is 21.5. The minimum absolute atomic E-state index is 0.541. The van der Waals surface area contributed by atoms with Gasteiger partial charge in [0.15, 0.2) is 11.6 Å². The Balaban J connectivity index is 1.02. The number of hydrogen-bond acceptors (Lipinski definition) is 4. The first-order valence-corrected chi connectivity index (χ1v) is 21.5. The van der Waals surface area contributed by atoms with Crippen molar-refractivity contribution in [2.24, 2.45) is 0 Å². The van der Waals surface area contributed by atoms with Crippen LogP contribution in [0.5, 0.6) is 0 Å². The van der Waals surface area contributed by atoms with E-state index in [-0.39, 0.29) is 0 Å². The Kier molecular flexibility index (Phi) is 8.48. The monoisotopic (exact) mass is 804 g/mol. The summed E-state index contributed by atoms with van der Waals surface area (Å²) in [7, 11) is 0. The Morgan fingerprint density at radius 3 is 1.56 bits per heavy atom. The maximum Gasteiger partial charge on any atom is 0.163 e. The summed E-state index contributed by atoms with van der Waals surface area (Å²) >= 11 is 0. The number of hydrogen-bond donors (Lipinski definition) is 0. The Morgan fingerprint density at radius 2 is 0.857 bits per heavy atom. The molecule has 2 aliphatic carbocycles. The van der Waals surface area contributed by atoms with E-state index in [4.69, 9.17) is 19.9 Å². The average Bonchev–Trinajstić information content (AvgIpc) is 3.82. The van der Waals surface area contributed by atoms with Gasteiger partial charge < -0.3 is 0 Å². The molecular formula is C59H40N4. The number of nitrogens with zero attached hydrogens (tertiary/aromatic N) is 4. The van der Waals surface area contributed by atoms with Gasteiger partial charge in [-0.2, -0.15) is 0 Å². The third-order valence-corrected chi connectivity index (χ3v) is 13.0. The van der Waals surface area contributed by atoms with Gasteiger partial charge in [0.25, 0.3) is 0 Å². The van der Waals surface area contributed by atoms with Crippen LogP contribution in [0.15, 0.2) is 206 Å². The summed E-state index contributed by atoms with van der Waals surface area (Å²) in [5.41, 5.74) is 21.8. The third-order valence-electron chi connectivity index (χ3n) is 13.0. The van der Waals surface area contributed by atoms with Crippen molar-refractivity contribution in [2.45, 2.75) is 19.3 Å². The molecule has 63 heavy (non-hydrogen) atoms. The van der Waals surface area contributed by atoms with Crippen LogP contribution >= 0.6 is 0 Å². The van der Waals surface area contributed by atoms with Crippen LogP contribution in [0.3, 0.4) is 0 Å². The summed E-state index contributed by atoms with van der Waals surface area (Å²) in [5.74, 6) is 2.00. The predicted molar refractivity (Wildman–Crippen MR) is 256 cm³/mol. The largest absolute Gasteiger partial charge is 0.256 e. The van der Waals surface area contributed by atoms with Gasteiger partial charge in [0.05, 0.1) is 11.1 Å². The van der Waals surface area contributed by atoms with E-state index < -0.39 is 5.41 Å². The van der Waals surface area contributed by atoms with Crippen LogP contribution in [0.25, 0.3) is 89.7 Å². The Labute approximate surface area is 367 Å². The quantitative estimate of drug-likeness (QED) is 0.168. The van der Waals surface area contributed by atoms with E-state index in [2.05, 4.69) is 195 Å². The van der Waals surface area contributed by atoms with E-state index >= 15 is 0 Å². The van der Waals surface area contributed by atoms with Gasteiger partial charge in [0.2, 0.25) is 0 Å². The first-order chi connectivity index (χ1) is 31.0. The molecular weight excluding hydrogens is 765 g/mol. The molecule has 0 radical (unpaired) electrons. The van der Waals surface area contributed by atoms with Crippen molar-refractivity contribution in [1.82, 2.24) is 19.9 Å². The molecule has 0 fully saturated rings. The zero-order chi connectivity index (χ0) is 42.1. The molecule has 8 aromatic carbocycles. The lowest BCUT2D eigenvalue weighted by molar-refractivity contribution is 0.794. The van der Waals surface area contributed by atoms with Gasteiger partial charge in [-0.05, 0) is 115 Å². The number of aromatic nitrogens is 4. The second-order valence-corrected chi connectivity index (χ2v) is 16.6. The van der Waals surface area contributed by atoms with Crippen LogP contribution in [0, 0.1) is 13.8 Å². The van der Waals surface area contributed by atoms with Gasteiger partial charge in [0, 0.05) is 22.9 Å². The maximum atomic E-state index is 5.19. The van der Waals surface area contributed by atoms with Crippen molar-refractivity contribution < 1.29 is 0 Å². The normalized spacial score (nSPS) is 12.7. The topological polar surface area (TPSA) is 51.6 Å². The molecule has 0 aliphatic heterocycles. The molecule has 2 aromatic heterocycles. The van der Waals surface area contributed by atoms with Gasteiger partial charge in [-0.25, -0.2) is 15.0 Å². The minimum atomic E-state index is -0.541. The Morgan fingerprint density at radius 1 is 0.333 bits per heavy atom. The van der Waals surface area contributed by atoms with E-state index in [1.54, 1.807) is 0 Å². The van der Waals surface area contributed by atoms with E-state index in [1.807, 2.05) is 25.3 Å². The maximum absolute atomic E-state index is 5.19. The predicted octanol–water partition coefficient (Wildman–Crippen LogP) is 14.2. The third kappa shape index (κ3) is 5.83. The van der Waals surface area contributed by atoms with Crippen LogP contribution in [0.4, 0.5) is 0 Å². The smallest absolute Gasteiger partial charge is 0.163 e. The highest BCUT2D eigenvalue weighted by molar-refractivity contribution is 6.00. The fourth-order valence-corrected chi connectivity index (χ4v) is 10.2. The molecule has 4 nitrogen and oxygen atoms in total. The highest BCUT2D eigenvalue weighted by Crippen LogP contribution is 2.64. The molecule has 0 bridgehead atoms. The summed E-state index contributed by atoms with van der Waals surface area (Å²) in [4.78, 5) is 19.8. The molecule has 4 heteroatoms. The molecule has 0 N–H and O–H groups in total. The van der Waals surface area contributed by atoms with Crippen molar-refractivity contribution in [3.63, 3.8) is 0 Å². The van der Waals surface area contributed by atoms with Gasteiger partial charge in [0.1, 0.15) is 5.82 Å². The zero-order valence-electron chi connectivity index (χ0n) is 34.9. The summed E-state index contributed by atoms with van der Waals surface area (Å²) in [6.45, 7) is 4.10. The number of pyridine rings is 1. The summed E-state index contributed by atoms with van der Waals surface area (Å²) in [5, 5.41) is 0. The molecule has 0 amide bonds. The number of aryl methyl sites for hydroxylation is 2. The van der Waals surface area contributed by atoms with Crippen molar-refractivity contribution in [1.29, 1.82) is 0 Å². The molecule has 2 aliphatic rings. The van der Waals surface area contributed by atoms with Crippen LogP contribution < -0.4 is 0 Å². The van der Waals surface area contributed by atoms with Crippen LogP contribution in [-0.2, 0) is 5.41 Å². The molecule has 0 unspecified atom stereocenters. The number of fused-ring (bicyclic) bond motifs is 10. The van der Waals surface area contributed by atoms with Gasteiger partial charge in [-0.15, -0.1) is 0 Å². The molecule has 10 aromatic rings. The Bertz CT molecular complexity index is 3360. The van der Waals surface area contributed by atoms with Crippen molar-refractivity contribution in [3.05, 3.63) is 240 Å². The van der Waals surface area contributed by atoms with Crippen LogP contribution in [-0.4, -0.2) is 19.9 Å². The van der Waals surface area contributed by atoms with E-state index in [0.717, 1.165) is 39.1 Å². The average molecular weight is 805 g/mol. The summed E-state index contributed by atoms with van der Waals surface area (Å²) in [6, 6.07) is 72.2.